The minimum atomic E-state index is -0.823. The Kier molecular flexibility index (Phi) is 8.29. The smallest absolute Gasteiger partial charge is 0.269 e. The first kappa shape index (κ1) is 28.9. The van der Waals surface area contributed by atoms with Gasteiger partial charge in [-0.1, -0.05) is 42.8 Å². The minimum absolute atomic E-state index is 0.0831. The summed E-state index contributed by atoms with van der Waals surface area (Å²) in [4.78, 5) is 50.6. The van der Waals surface area contributed by atoms with Crippen molar-refractivity contribution < 1.29 is 14.5 Å². The summed E-state index contributed by atoms with van der Waals surface area (Å²) in [6.45, 7) is 4.72. The number of carbonyl (C=O) groups is 2. The minimum Gasteiger partial charge on any atom is -0.325 e. The Morgan fingerprint density at radius 1 is 1.07 bits per heavy atom. The number of hydrogen-bond acceptors (Lipinski definition) is 7. The van der Waals surface area contributed by atoms with E-state index in [0.29, 0.717) is 28.6 Å². The maximum Gasteiger partial charge on any atom is 0.269 e. The number of imidazole rings is 1. The maximum absolute atomic E-state index is 13.4. The van der Waals surface area contributed by atoms with Crippen LogP contribution in [0.5, 0.6) is 0 Å². The number of aliphatic imine (C=N–C) groups is 1. The first-order valence-electron chi connectivity index (χ1n) is 14.8. The van der Waals surface area contributed by atoms with Crippen molar-refractivity contribution in [2.75, 3.05) is 30.3 Å². The second-order valence-corrected chi connectivity index (χ2v) is 11.2. The maximum atomic E-state index is 13.4. The highest BCUT2D eigenvalue weighted by atomic mass is 16.6. The van der Waals surface area contributed by atoms with E-state index in [1.54, 1.807) is 12.3 Å². The number of nitro groups is 1. The molecule has 11 heteroatoms. The van der Waals surface area contributed by atoms with E-state index in [9.17, 15) is 19.7 Å². The Bertz CT molecular complexity index is 1720. The monoisotopic (exact) mass is 591 g/mol. The van der Waals surface area contributed by atoms with E-state index in [1.165, 1.54) is 43.9 Å². The number of aromatic amines is 1. The van der Waals surface area contributed by atoms with Gasteiger partial charge in [-0.25, -0.2) is 4.98 Å². The molecule has 3 aromatic carbocycles. The van der Waals surface area contributed by atoms with Crippen molar-refractivity contribution in [2.45, 2.75) is 38.5 Å². The number of anilines is 2. The second-order valence-electron chi connectivity index (χ2n) is 11.2. The molecule has 224 valence electrons. The third-order valence-electron chi connectivity index (χ3n) is 8.06. The molecule has 0 spiro atoms. The molecule has 1 unspecified atom stereocenters. The summed E-state index contributed by atoms with van der Waals surface area (Å²) in [7, 11) is 0. The number of amides is 2. The number of aromatic nitrogens is 2. The first-order valence-corrected chi connectivity index (χ1v) is 14.8. The summed E-state index contributed by atoms with van der Waals surface area (Å²) in [5, 5.41) is 17.1. The largest absolute Gasteiger partial charge is 0.325 e. The van der Waals surface area contributed by atoms with E-state index in [0.717, 1.165) is 42.9 Å². The van der Waals surface area contributed by atoms with Crippen LogP contribution in [0.25, 0.3) is 11.3 Å². The number of H-pyrrole nitrogens is 1. The standard InChI is InChI=1S/C33H33N7O4/c1-21(41)35-33-34-20-29(38-33)23-9-11-25(12-10-23)36-31(30-27-19-26(40(43)44)13-14-28(27)37-32(30)42)24-7-5-22(6-8-24)15-18-39-16-3-2-4-17-39/h5-14,19-20,30H,2-4,15-18H2,1H3,(H,37,42)(H2,34,35,38,41). The van der Waals surface area contributed by atoms with E-state index in [-0.39, 0.29) is 17.5 Å². The van der Waals surface area contributed by atoms with E-state index in [1.807, 2.05) is 36.4 Å². The zero-order valence-corrected chi connectivity index (χ0v) is 24.4. The molecule has 6 rings (SSSR count). The average molecular weight is 592 g/mol. The molecular weight excluding hydrogens is 558 g/mol. The van der Waals surface area contributed by atoms with Crippen molar-refractivity contribution in [3.8, 4) is 11.3 Å². The molecule has 2 amide bonds. The highest BCUT2D eigenvalue weighted by molar-refractivity contribution is 6.24. The van der Waals surface area contributed by atoms with Gasteiger partial charge in [0.15, 0.2) is 0 Å². The number of benzene rings is 3. The van der Waals surface area contributed by atoms with Gasteiger partial charge in [0.05, 0.1) is 28.2 Å². The molecule has 1 aromatic heterocycles. The Morgan fingerprint density at radius 2 is 1.82 bits per heavy atom. The van der Waals surface area contributed by atoms with Gasteiger partial charge in [0, 0.05) is 36.9 Å². The number of nitrogens with zero attached hydrogens (tertiary/aromatic N) is 4. The van der Waals surface area contributed by atoms with Crippen LogP contribution in [0.3, 0.4) is 0 Å². The fraction of sp³-hybridized carbons (Fsp3) is 0.273. The third-order valence-corrected chi connectivity index (χ3v) is 8.06. The summed E-state index contributed by atoms with van der Waals surface area (Å²) in [5.74, 6) is -0.970. The van der Waals surface area contributed by atoms with Gasteiger partial charge in [-0.3, -0.25) is 30.0 Å². The lowest BCUT2D eigenvalue weighted by Gasteiger charge is -2.26. The Labute approximate surface area is 254 Å². The zero-order chi connectivity index (χ0) is 30.6. The predicted molar refractivity (Wildman–Crippen MR) is 169 cm³/mol. The van der Waals surface area contributed by atoms with Crippen LogP contribution in [0, 0.1) is 10.1 Å². The van der Waals surface area contributed by atoms with E-state index < -0.39 is 10.8 Å². The zero-order valence-electron chi connectivity index (χ0n) is 24.4. The molecule has 2 aliphatic heterocycles. The summed E-state index contributed by atoms with van der Waals surface area (Å²) in [5.41, 5.74) is 5.64. The summed E-state index contributed by atoms with van der Waals surface area (Å²) >= 11 is 0. The molecule has 3 heterocycles. The number of nitrogens with one attached hydrogen (secondary N) is 3. The van der Waals surface area contributed by atoms with Crippen LogP contribution in [-0.2, 0) is 16.0 Å². The lowest BCUT2D eigenvalue weighted by molar-refractivity contribution is -0.384. The molecule has 44 heavy (non-hydrogen) atoms. The molecule has 4 aromatic rings. The van der Waals surface area contributed by atoms with Gasteiger partial charge in [0.2, 0.25) is 17.8 Å². The molecule has 3 N–H and O–H groups in total. The van der Waals surface area contributed by atoms with E-state index in [2.05, 4.69) is 37.6 Å². The predicted octanol–water partition coefficient (Wildman–Crippen LogP) is 5.83. The summed E-state index contributed by atoms with van der Waals surface area (Å²) < 4.78 is 0. The molecule has 1 atom stereocenters. The van der Waals surface area contributed by atoms with Gasteiger partial charge in [0.25, 0.3) is 5.69 Å². The number of hydrogen-bond donors (Lipinski definition) is 3. The number of rotatable bonds is 9. The SMILES string of the molecule is CC(=O)Nc1ncc(-c2ccc(N=C(c3ccc(CCN4CCCCC4)cc3)C3C(=O)Nc4ccc([N+](=O)[O-])cc43)cc2)[nH]1. The fourth-order valence-electron chi connectivity index (χ4n) is 5.79. The third kappa shape index (κ3) is 6.42. The lowest BCUT2D eigenvalue weighted by Crippen LogP contribution is -2.31. The number of fused-ring (bicyclic) bond motifs is 1. The van der Waals surface area contributed by atoms with Crippen molar-refractivity contribution in [1.82, 2.24) is 14.9 Å². The van der Waals surface area contributed by atoms with Crippen LogP contribution in [0.2, 0.25) is 0 Å². The van der Waals surface area contributed by atoms with Crippen LogP contribution < -0.4 is 10.6 Å². The normalized spacial score (nSPS) is 16.8. The summed E-state index contributed by atoms with van der Waals surface area (Å²) in [6, 6.07) is 19.9. The van der Waals surface area contributed by atoms with Crippen molar-refractivity contribution in [3.05, 3.63) is 99.7 Å². The number of nitro benzene ring substituents is 1. The van der Waals surface area contributed by atoms with Gasteiger partial charge in [-0.2, -0.15) is 0 Å². The molecule has 0 saturated carbocycles. The molecule has 1 fully saturated rings. The quantitative estimate of drug-likeness (QED) is 0.127. The molecule has 0 bridgehead atoms. The fourth-order valence-corrected chi connectivity index (χ4v) is 5.79. The summed E-state index contributed by atoms with van der Waals surface area (Å²) in [6.07, 6.45) is 6.38. The molecule has 11 nitrogen and oxygen atoms in total. The van der Waals surface area contributed by atoms with Gasteiger partial charge >= 0.3 is 0 Å². The average Bonchev–Trinajstić information content (AvgIpc) is 3.62. The highest BCUT2D eigenvalue weighted by Gasteiger charge is 2.36. The highest BCUT2D eigenvalue weighted by Crippen LogP contribution is 2.38. The molecule has 1 saturated heterocycles. The van der Waals surface area contributed by atoms with Crippen molar-refractivity contribution in [3.63, 3.8) is 0 Å². The van der Waals surface area contributed by atoms with Gasteiger partial charge in [0.1, 0.15) is 5.92 Å². The molecule has 0 radical (unpaired) electrons. The van der Waals surface area contributed by atoms with E-state index >= 15 is 0 Å². The van der Waals surface area contributed by atoms with Crippen LogP contribution in [0.1, 0.15) is 48.8 Å². The van der Waals surface area contributed by atoms with Crippen LogP contribution in [-0.4, -0.2) is 57.0 Å². The Balaban J connectivity index is 1.32. The van der Waals surface area contributed by atoms with Crippen molar-refractivity contribution >= 4 is 40.5 Å². The van der Waals surface area contributed by atoms with Crippen LogP contribution >= 0.6 is 0 Å². The second kappa shape index (κ2) is 12.6. The van der Waals surface area contributed by atoms with Crippen molar-refractivity contribution in [1.29, 1.82) is 0 Å². The Hall–Kier alpha value is -5.16. The van der Waals surface area contributed by atoms with Crippen LogP contribution in [0.15, 0.2) is 77.9 Å². The lowest BCUT2D eigenvalue weighted by atomic mass is 9.90. The topological polar surface area (TPSA) is 146 Å². The van der Waals surface area contributed by atoms with E-state index in [4.69, 9.17) is 4.99 Å². The van der Waals surface area contributed by atoms with Crippen molar-refractivity contribution in [2.24, 2.45) is 4.99 Å². The first-order chi connectivity index (χ1) is 21.3. The molecular formula is C33H33N7O4. The number of non-ortho nitro benzene ring substituents is 1. The number of carbonyl (C=O) groups excluding carboxylic acids is 2. The van der Waals surface area contributed by atoms with Gasteiger partial charge in [-0.05, 0) is 67.2 Å². The molecule has 2 aliphatic rings. The molecule has 0 aliphatic carbocycles. The van der Waals surface area contributed by atoms with Crippen LogP contribution in [0.4, 0.5) is 23.0 Å². The van der Waals surface area contributed by atoms with Gasteiger partial charge < -0.3 is 15.2 Å². The number of piperidine rings is 1. The Morgan fingerprint density at radius 3 is 2.52 bits per heavy atom. The van der Waals surface area contributed by atoms with Gasteiger partial charge in [-0.15, -0.1) is 0 Å². The number of likely N-dealkylation sites (tertiary alicyclic amines) is 1.